The van der Waals surface area contributed by atoms with Crippen LogP contribution >= 0.6 is 0 Å². The highest BCUT2D eigenvalue weighted by atomic mass is 16.1. The summed E-state index contributed by atoms with van der Waals surface area (Å²) in [6, 6.07) is 3.27. The standard InChI is InChI=1S/C11H16N4O/c1-4-10(6-12)15-11(16)5-9(7-13-15)14-8(2)3/h5,7-8,10,14H,4H2,1-3H3. The molecule has 1 aromatic rings. The van der Waals surface area contributed by atoms with Crippen molar-refractivity contribution in [3.63, 3.8) is 0 Å². The van der Waals surface area contributed by atoms with Crippen molar-refractivity contribution in [1.82, 2.24) is 9.78 Å². The normalized spacial score (nSPS) is 12.2. The first kappa shape index (κ1) is 12.2. The summed E-state index contributed by atoms with van der Waals surface area (Å²) in [5, 5.41) is 15.9. The lowest BCUT2D eigenvalue weighted by molar-refractivity contribution is 0.506. The minimum atomic E-state index is -0.486. The number of rotatable bonds is 4. The summed E-state index contributed by atoms with van der Waals surface area (Å²) in [6.07, 6.45) is 2.14. The van der Waals surface area contributed by atoms with Crippen LogP contribution in [0.1, 0.15) is 33.2 Å². The highest BCUT2D eigenvalue weighted by Gasteiger charge is 2.10. The predicted molar refractivity (Wildman–Crippen MR) is 62.2 cm³/mol. The molecule has 1 unspecified atom stereocenters. The van der Waals surface area contributed by atoms with Crippen molar-refractivity contribution in [3.05, 3.63) is 22.6 Å². The number of nitrogens with zero attached hydrogens (tertiary/aromatic N) is 3. The molecule has 0 bridgehead atoms. The third-order valence-electron chi connectivity index (χ3n) is 2.11. The minimum absolute atomic E-state index is 0.245. The molecular formula is C11H16N4O. The second kappa shape index (κ2) is 5.31. The van der Waals surface area contributed by atoms with Gasteiger partial charge in [-0.3, -0.25) is 4.79 Å². The topological polar surface area (TPSA) is 70.7 Å². The number of aromatic nitrogens is 2. The monoisotopic (exact) mass is 220 g/mol. The van der Waals surface area contributed by atoms with Crippen molar-refractivity contribution < 1.29 is 0 Å². The number of hydrogen-bond acceptors (Lipinski definition) is 4. The molecule has 0 radical (unpaired) electrons. The van der Waals surface area contributed by atoms with Crippen LogP contribution in [0.15, 0.2) is 17.1 Å². The molecule has 16 heavy (non-hydrogen) atoms. The molecule has 5 nitrogen and oxygen atoms in total. The van der Waals surface area contributed by atoms with E-state index >= 15 is 0 Å². The first-order valence-electron chi connectivity index (χ1n) is 5.33. The van der Waals surface area contributed by atoms with Gasteiger partial charge in [0.1, 0.15) is 6.04 Å². The Hall–Kier alpha value is -1.83. The predicted octanol–water partition coefficient (Wildman–Crippen LogP) is 1.54. The van der Waals surface area contributed by atoms with E-state index in [0.717, 1.165) is 0 Å². The van der Waals surface area contributed by atoms with Crippen LogP contribution in [0.4, 0.5) is 5.69 Å². The lowest BCUT2D eigenvalue weighted by Gasteiger charge is -2.12. The van der Waals surface area contributed by atoms with E-state index in [-0.39, 0.29) is 11.6 Å². The van der Waals surface area contributed by atoms with Gasteiger partial charge in [-0.05, 0) is 20.3 Å². The third-order valence-corrected chi connectivity index (χ3v) is 2.11. The molecule has 0 saturated heterocycles. The fourth-order valence-corrected chi connectivity index (χ4v) is 1.38. The molecule has 0 fully saturated rings. The van der Waals surface area contributed by atoms with Gasteiger partial charge < -0.3 is 5.32 Å². The van der Waals surface area contributed by atoms with Crippen LogP contribution in [0.2, 0.25) is 0 Å². The van der Waals surface area contributed by atoms with E-state index in [1.165, 1.54) is 10.7 Å². The van der Waals surface area contributed by atoms with E-state index in [2.05, 4.69) is 10.4 Å². The molecule has 1 heterocycles. The largest absolute Gasteiger partial charge is 0.381 e. The van der Waals surface area contributed by atoms with Gasteiger partial charge >= 0.3 is 0 Å². The second-order valence-corrected chi connectivity index (χ2v) is 3.88. The molecule has 1 rings (SSSR count). The van der Waals surface area contributed by atoms with Crippen molar-refractivity contribution in [3.8, 4) is 6.07 Å². The van der Waals surface area contributed by atoms with E-state index < -0.39 is 6.04 Å². The molecule has 1 atom stereocenters. The maximum atomic E-state index is 11.7. The summed E-state index contributed by atoms with van der Waals surface area (Å²) in [4.78, 5) is 11.7. The summed E-state index contributed by atoms with van der Waals surface area (Å²) >= 11 is 0. The summed E-state index contributed by atoms with van der Waals surface area (Å²) in [7, 11) is 0. The van der Waals surface area contributed by atoms with Gasteiger partial charge in [-0.15, -0.1) is 0 Å². The molecule has 0 aromatic carbocycles. The molecule has 0 aliphatic rings. The van der Waals surface area contributed by atoms with E-state index in [4.69, 9.17) is 5.26 Å². The lowest BCUT2D eigenvalue weighted by atomic mass is 10.2. The minimum Gasteiger partial charge on any atom is -0.381 e. The average Bonchev–Trinajstić information content (AvgIpc) is 2.21. The average molecular weight is 220 g/mol. The van der Waals surface area contributed by atoms with Crippen molar-refractivity contribution >= 4 is 5.69 Å². The van der Waals surface area contributed by atoms with Gasteiger partial charge in [-0.25, -0.2) is 4.68 Å². The maximum Gasteiger partial charge on any atom is 0.270 e. The van der Waals surface area contributed by atoms with Crippen molar-refractivity contribution in [1.29, 1.82) is 5.26 Å². The zero-order valence-corrected chi connectivity index (χ0v) is 9.77. The first-order chi connectivity index (χ1) is 7.58. The zero-order valence-electron chi connectivity index (χ0n) is 9.77. The smallest absolute Gasteiger partial charge is 0.270 e. The molecule has 0 spiro atoms. The fourth-order valence-electron chi connectivity index (χ4n) is 1.38. The maximum absolute atomic E-state index is 11.7. The van der Waals surface area contributed by atoms with Crippen LogP contribution in [-0.4, -0.2) is 15.8 Å². The Morgan fingerprint density at radius 2 is 2.31 bits per heavy atom. The van der Waals surface area contributed by atoms with Crippen LogP contribution in [-0.2, 0) is 0 Å². The number of hydrogen-bond donors (Lipinski definition) is 1. The molecular weight excluding hydrogens is 204 g/mol. The van der Waals surface area contributed by atoms with E-state index in [1.807, 2.05) is 26.8 Å². The van der Waals surface area contributed by atoms with E-state index in [1.54, 1.807) is 6.20 Å². The third kappa shape index (κ3) is 2.83. The molecule has 0 amide bonds. The quantitative estimate of drug-likeness (QED) is 0.835. The van der Waals surface area contributed by atoms with Crippen molar-refractivity contribution in [2.45, 2.75) is 39.3 Å². The Labute approximate surface area is 94.7 Å². The first-order valence-corrected chi connectivity index (χ1v) is 5.33. The summed E-state index contributed by atoms with van der Waals surface area (Å²) in [5.41, 5.74) is 0.433. The highest BCUT2D eigenvalue weighted by Crippen LogP contribution is 2.07. The molecule has 0 aliphatic heterocycles. The Morgan fingerprint density at radius 3 is 2.75 bits per heavy atom. The molecule has 5 heteroatoms. The van der Waals surface area contributed by atoms with Crippen molar-refractivity contribution in [2.24, 2.45) is 0 Å². The summed E-state index contributed by atoms with van der Waals surface area (Å²) < 4.78 is 1.21. The number of nitriles is 1. The van der Waals surface area contributed by atoms with Crippen molar-refractivity contribution in [2.75, 3.05) is 5.32 Å². The van der Waals surface area contributed by atoms with Crippen LogP contribution in [0.5, 0.6) is 0 Å². The van der Waals surface area contributed by atoms with Gasteiger partial charge in [0.25, 0.3) is 5.56 Å². The van der Waals surface area contributed by atoms with Gasteiger partial charge in [0, 0.05) is 12.1 Å². The van der Waals surface area contributed by atoms with E-state index in [9.17, 15) is 4.79 Å². The Kier molecular flexibility index (Phi) is 4.06. The van der Waals surface area contributed by atoms with Crippen LogP contribution in [0, 0.1) is 11.3 Å². The molecule has 0 saturated carbocycles. The van der Waals surface area contributed by atoms with Gasteiger partial charge in [-0.1, -0.05) is 6.92 Å². The molecule has 0 aliphatic carbocycles. The SMILES string of the molecule is CCC(C#N)n1ncc(NC(C)C)cc1=O. The van der Waals surface area contributed by atoms with Gasteiger partial charge in [-0.2, -0.15) is 10.4 Å². The number of nitrogens with one attached hydrogen (secondary N) is 1. The summed E-state index contributed by atoms with van der Waals surface area (Å²) in [5.74, 6) is 0. The fraction of sp³-hybridized carbons (Fsp3) is 0.545. The van der Waals surface area contributed by atoms with Crippen LogP contribution in [0.25, 0.3) is 0 Å². The molecule has 86 valence electrons. The second-order valence-electron chi connectivity index (χ2n) is 3.88. The van der Waals surface area contributed by atoms with Gasteiger partial charge in [0.05, 0.1) is 18.0 Å². The van der Waals surface area contributed by atoms with E-state index in [0.29, 0.717) is 12.1 Å². The number of anilines is 1. The van der Waals surface area contributed by atoms with Crippen LogP contribution in [0.3, 0.4) is 0 Å². The molecule has 1 aromatic heterocycles. The Morgan fingerprint density at radius 1 is 1.62 bits per heavy atom. The lowest BCUT2D eigenvalue weighted by Crippen LogP contribution is -2.26. The van der Waals surface area contributed by atoms with Gasteiger partial charge in [0.15, 0.2) is 0 Å². The Bertz CT molecular complexity index is 444. The van der Waals surface area contributed by atoms with Crippen LogP contribution < -0.4 is 10.9 Å². The molecule has 1 N–H and O–H groups in total. The zero-order chi connectivity index (χ0) is 12.1. The highest BCUT2D eigenvalue weighted by molar-refractivity contribution is 5.39. The Balaban J connectivity index is 3.01. The summed E-state index contributed by atoms with van der Waals surface area (Å²) in [6.45, 7) is 5.81. The van der Waals surface area contributed by atoms with Gasteiger partial charge in [0.2, 0.25) is 0 Å².